The molecule has 0 bridgehead atoms. The highest BCUT2D eigenvalue weighted by molar-refractivity contribution is 5.76. The van der Waals surface area contributed by atoms with Gasteiger partial charge in [0, 0.05) is 25.6 Å². The summed E-state index contributed by atoms with van der Waals surface area (Å²) in [5.74, 6) is -0.846. The second-order valence-corrected chi connectivity index (χ2v) is 5.78. The molecule has 0 aromatic rings. The lowest BCUT2D eigenvalue weighted by Crippen LogP contribution is -2.38. The van der Waals surface area contributed by atoms with Crippen molar-refractivity contribution in [3.8, 4) is 0 Å². The van der Waals surface area contributed by atoms with Crippen molar-refractivity contribution in [1.29, 1.82) is 0 Å². The van der Waals surface area contributed by atoms with Gasteiger partial charge in [-0.3, -0.25) is 9.59 Å². The number of nitrogens with zero attached hydrogens (tertiary/aromatic N) is 1. The summed E-state index contributed by atoms with van der Waals surface area (Å²) in [6, 6.07) is 0.367. The van der Waals surface area contributed by atoms with Crippen molar-refractivity contribution in [2.24, 2.45) is 5.92 Å². The third kappa shape index (κ3) is 4.49. The van der Waals surface area contributed by atoms with Gasteiger partial charge < -0.3 is 15.3 Å². The van der Waals surface area contributed by atoms with E-state index in [1.165, 1.54) is 19.3 Å². The normalized spacial score (nSPS) is 25.4. The van der Waals surface area contributed by atoms with Crippen LogP contribution in [0.25, 0.3) is 0 Å². The molecule has 0 aromatic carbocycles. The van der Waals surface area contributed by atoms with E-state index in [2.05, 4.69) is 10.2 Å². The Labute approximate surface area is 114 Å². The second kappa shape index (κ2) is 6.89. The number of carboxylic acid groups (broad SMARTS) is 1. The third-order valence-electron chi connectivity index (χ3n) is 4.25. The van der Waals surface area contributed by atoms with Crippen LogP contribution in [0.5, 0.6) is 0 Å². The minimum Gasteiger partial charge on any atom is -0.481 e. The van der Waals surface area contributed by atoms with Gasteiger partial charge in [-0.15, -0.1) is 0 Å². The number of likely N-dealkylation sites (tertiary alicyclic amines) is 1. The van der Waals surface area contributed by atoms with E-state index >= 15 is 0 Å². The smallest absolute Gasteiger partial charge is 0.307 e. The molecular formula is C14H24N2O3. The van der Waals surface area contributed by atoms with Gasteiger partial charge in [0.15, 0.2) is 0 Å². The lowest BCUT2D eigenvalue weighted by atomic mass is 9.95. The first kappa shape index (κ1) is 14.3. The summed E-state index contributed by atoms with van der Waals surface area (Å²) in [6.45, 7) is 2.07. The Morgan fingerprint density at radius 2 is 1.89 bits per heavy atom. The van der Waals surface area contributed by atoms with Crippen molar-refractivity contribution in [3.05, 3.63) is 0 Å². The maximum atomic E-state index is 11.8. The van der Waals surface area contributed by atoms with Crippen molar-refractivity contribution in [3.63, 3.8) is 0 Å². The van der Waals surface area contributed by atoms with Gasteiger partial charge in [-0.2, -0.15) is 0 Å². The first-order valence-electron chi connectivity index (χ1n) is 7.39. The lowest BCUT2D eigenvalue weighted by molar-refractivity contribution is -0.141. The van der Waals surface area contributed by atoms with Crippen LogP contribution in [0.4, 0.5) is 0 Å². The van der Waals surface area contributed by atoms with Gasteiger partial charge in [0.05, 0.1) is 5.92 Å². The molecule has 1 heterocycles. The predicted molar refractivity (Wildman–Crippen MR) is 71.8 cm³/mol. The highest BCUT2D eigenvalue weighted by Crippen LogP contribution is 2.18. The van der Waals surface area contributed by atoms with Crippen LogP contribution in [0.2, 0.25) is 0 Å². The monoisotopic (exact) mass is 268 g/mol. The molecule has 1 saturated heterocycles. The minimum absolute atomic E-state index is 0.116. The Kier molecular flexibility index (Phi) is 5.19. The molecule has 19 heavy (non-hydrogen) atoms. The highest BCUT2D eigenvalue weighted by Gasteiger charge is 2.28. The van der Waals surface area contributed by atoms with Crippen LogP contribution in [-0.4, -0.2) is 47.6 Å². The second-order valence-electron chi connectivity index (χ2n) is 5.78. The molecule has 0 aromatic heterocycles. The molecule has 1 unspecified atom stereocenters. The predicted octanol–water partition coefficient (Wildman–Crippen LogP) is 1.23. The van der Waals surface area contributed by atoms with E-state index in [0.29, 0.717) is 32.0 Å². The van der Waals surface area contributed by atoms with E-state index < -0.39 is 5.97 Å². The summed E-state index contributed by atoms with van der Waals surface area (Å²) >= 11 is 0. The number of aliphatic carboxylic acids is 1. The summed E-state index contributed by atoms with van der Waals surface area (Å²) in [7, 11) is 0. The highest BCUT2D eigenvalue weighted by atomic mass is 16.4. The van der Waals surface area contributed by atoms with Crippen molar-refractivity contribution >= 4 is 11.9 Å². The van der Waals surface area contributed by atoms with Crippen molar-refractivity contribution in [2.45, 2.75) is 51.0 Å². The topological polar surface area (TPSA) is 69.6 Å². The van der Waals surface area contributed by atoms with Crippen LogP contribution in [0, 0.1) is 5.92 Å². The summed E-state index contributed by atoms with van der Waals surface area (Å²) in [6.07, 6.45) is 7.14. The number of carbonyl (C=O) groups is 2. The SMILES string of the molecule is O=C(CCN1CCC(C(=O)O)C1)NC1CCCCC1. The number of amides is 1. The fraction of sp³-hybridized carbons (Fsp3) is 0.857. The number of carbonyl (C=O) groups excluding carboxylic acids is 1. The van der Waals surface area contributed by atoms with E-state index in [1.807, 2.05) is 0 Å². The molecule has 1 aliphatic heterocycles. The molecule has 1 saturated carbocycles. The Morgan fingerprint density at radius 1 is 1.16 bits per heavy atom. The Hall–Kier alpha value is -1.10. The van der Waals surface area contributed by atoms with E-state index in [4.69, 9.17) is 5.11 Å². The quantitative estimate of drug-likeness (QED) is 0.787. The number of carboxylic acids is 1. The average molecular weight is 268 g/mol. The molecule has 5 heteroatoms. The number of hydrogen-bond donors (Lipinski definition) is 2. The number of nitrogens with one attached hydrogen (secondary N) is 1. The van der Waals surface area contributed by atoms with E-state index in [0.717, 1.165) is 19.4 Å². The van der Waals surface area contributed by atoms with E-state index in [1.54, 1.807) is 0 Å². The van der Waals surface area contributed by atoms with Gasteiger partial charge in [0.1, 0.15) is 0 Å². The van der Waals surface area contributed by atoms with Crippen LogP contribution in [0.15, 0.2) is 0 Å². The van der Waals surface area contributed by atoms with Gasteiger partial charge in [-0.05, 0) is 25.8 Å². The molecule has 2 N–H and O–H groups in total. The first-order valence-corrected chi connectivity index (χ1v) is 7.39. The van der Waals surface area contributed by atoms with Crippen molar-refractivity contribution in [1.82, 2.24) is 10.2 Å². The lowest BCUT2D eigenvalue weighted by Gasteiger charge is -2.23. The largest absolute Gasteiger partial charge is 0.481 e. The molecular weight excluding hydrogens is 244 g/mol. The summed E-state index contributed by atoms with van der Waals surface area (Å²) < 4.78 is 0. The van der Waals surface area contributed by atoms with Crippen molar-refractivity contribution in [2.75, 3.05) is 19.6 Å². The molecule has 5 nitrogen and oxygen atoms in total. The van der Waals surface area contributed by atoms with Crippen LogP contribution in [0.1, 0.15) is 44.9 Å². The molecule has 2 aliphatic rings. The Balaban J connectivity index is 1.62. The molecule has 108 valence electrons. The van der Waals surface area contributed by atoms with Crippen LogP contribution in [0.3, 0.4) is 0 Å². The zero-order chi connectivity index (χ0) is 13.7. The molecule has 0 spiro atoms. The van der Waals surface area contributed by atoms with Gasteiger partial charge in [0.2, 0.25) is 5.91 Å². The fourth-order valence-corrected chi connectivity index (χ4v) is 3.04. The van der Waals surface area contributed by atoms with Gasteiger partial charge in [-0.25, -0.2) is 0 Å². The summed E-state index contributed by atoms with van der Waals surface area (Å²) in [5.41, 5.74) is 0. The maximum Gasteiger partial charge on any atom is 0.307 e. The zero-order valence-corrected chi connectivity index (χ0v) is 11.4. The minimum atomic E-state index is -0.714. The van der Waals surface area contributed by atoms with E-state index in [9.17, 15) is 9.59 Å². The standard InChI is InChI=1S/C14H24N2O3/c17-13(15-12-4-2-1-3-5-12)7-9-16-8-6-11(10-16)14(18)19/h11-12H,1-10H2,(H,15,17)(H,18,19). The molecule has 2 rings (SSSR count). The van der Waals surface area contributed by atoms with Crippen LogP contribution in [-0.2, 0) is 9.59 Å². The molecule has 1 aliphatic carbocycles. The molecule has 2 fully saturated rings. The molecule has 1 atom stereocenters. The Morgan fingerprint density at radius 3 is 2.53 bits per heavy atom. The number of rotatable bonds is 5. The zero-order valence-electron chi connectivity index (χ0n) is 11.4. The average Bonchev–Trinajstić information content (AvgIpc) is 2.86. The molecule has 0 radical (unpaired) electrons. The number of hydrogen-bond acceptors (Lipinski definition) is 3. The summed E-state index contributed by atoms with van der Waals surface area (Å²) in [5, 5.41) is 12.0. The van der Waals surface area contributed by atoms with Crippen LogP contribution < -0.4 is 5.32 Å². The Bertz CT molecular complexity index is 327. The molecule has 1 amide bonds. The van der Waals surface area contributed by atoms with Gasteiger partial charge >= 0.3 is 5.97 Å². The van der Waals surface area contributed by atoms with E-state index in [-0.39, 0.29) is 11.8 Å². The van der Waals surface area contributed by atoms with Crippen LogP contribution >= 0.6 is 0 Å². The van der Waals surface area contributed by atoms with Crippen molar-refractivity contribution < 1.29 is 14.7 Å². The summed E-state index contributed by atoms with van der Waals surface area (Å²) in [4.78, 5) is 24.8. The van der Waals surface area contributed by atoms with Gasteiger partial charge in [0.25, 0.3) is 0 Å². The van der Waals surface area contributed by atoms with Gasteiger partial charge in [-0.1, -0.05) is 19.3 Å². The maximum absolute atomic E-state index is 11.8. The fourth-order valence-electron chi connectivity index (χ4n) is 3.04. The first-order chi connectivity index (χ1) is 9.15. The third-order valence-corrected chi connectivity index (χ3v) is 4.25.